The monoisotopic (exact) mass is 470 g/mol. The molecule has 3 N–H and O–H groups in total. The molecule has 3 aromatic rings. The summed E-state index contributed by atoms with van der Waals surface area (Å²) in [5.41, 5.74) is 2.34. The van der Waals surface area contributed by atoms with E-state index >= 15 is 0 Å². The smallest absolute Gasteiger partial charge is 0.414 e. The quantitative estimate of drug-likeness (QED) is 0.455. The fourth-order valence-electron chi connectivity index (χ4n) is 3.66. The van der Waals surface area contributed by atoms with Crippen LogP contribution in [0.2, 0.25) is 5.02 Å². The Morgan fingerprint density at radius 1 is 0.939 bits per heavy atom. The molecule has 1 aliphatic heterocycles. The number of hydrogen-bond donors (Lipinski definition) is 3. The predicted molar refractivity (Wildman–Crippen MR) is 126 cm³/mol. The van der Waals surface area contributed by atoms with Crippen LogP contribution in [0.3, 0.4) is 0 Å². The summed E-state index contributed by atoms with van der Waals surface area (Å²) in [6, 6.07) is 23.1. The maximum atomic E-state index is 9.10. The van der Waals surface area contributed by atoms with Gasteiger partial charge in [0.1, 0.15) is 11.5 Å². The highest BCUT2D eigenvalue weighted by Crippen LogP contribution is 2.29. The van der Waals surface area contributed by atoms with Gasteiger partial charge in [-0.3, -0.25) is 4.90 Å². The van der Waals surface area contributed by atoms with Gasteiger partial charge >= 0.3 is 11.9 Å². The third kappa shape index (κ3) is 7.75. The van der Waals surface area contributed by atoms with Gasteiger partial charge in [-0.15, -0.1) is 0 Å². The molecule has 0 atom stereocenters. The number of carbonyl (C=O) groups is 2. The Labute approximate surface area is 197 Å². The summed E-state index contributed by atoms with van der Waals surface area (Å²) in [6.45, 7) is 4.08. The highest BCUT2D eigenvalue weighted by Gasteiger charge is 2.19. The molecule has 1 saturated heterocycles. The van der Waals surface area contributed by atoms with E-state index in [1.165, 1.54) is 18.4 Å². The normalized spacial score (nSPS) is 14.3. The van der Waals surface area contributed by atoms with E-state index in [1.807, 2.05) is 36.4 Å². The van der Waals surface area contributed by atoms with Crippen molar-refractivity contribution < 1.29 is 24.2 Å². The Kier molecular flexibility index (Phi) is 9.06. The first-order valence-electron chi connectivity index (χ1n) is 10.7. The molecule has 1 aromatic heterocycles. The first-order valence-corrected chi connectivity index (χ1v) is 11.1. The molecule has 2 heterocycles. The first-order chi connectivity index (χ1) is 15.9. The maximum Gasteiger partial charge on any atom is 0.414 e. The Hall–Kier alpha value is -3.13. The van der Waals surface area contributed by atoms with Crippen LogP contribution in [0.4, 0.5) is 0 Å². The van der Waals surface area contributed by atoms with Gasteiger partial charge in [0.15, 0.2) is 0 Å². The number of benzene rings is 2. The van der Waals surface area contributed by atoms with E-state index in [1.54, 1.807) is 0 Å². The molecular weight excluding hydrogens is 444 g/mol. The number of piperidine rings is 1. The van der Waals surface area contributed by atoms with Crippen molar-refractivity contribution in [3.63, 3.8) is 0 Å². The Balaban J connectivity index is 0.000000454. The highest BCUT2D eigenvalue weighted by molar-refractivity contribution is 6.33. The minimum absolute atomic E-state index is 0.547. The fraction of sp³-hybridized carbons (Fsp3) is 0.280. The molecule has 0 spiro atoms. The average molecular weight is 471 g/mol. The van der Waals surface area contributed by atoms with Crippen molar-refractivity contribution in [2.24, 2.45) is 0 Å². The number of rotatable bonds is 6. The molecule has 33 heavy (non-hydrogen) atoms. The molecule has 4 rings (SSSR count). The third-order valence-electron chi connectivity index (χ3n) is 5.39. The summed E-state index contributed by atoms with van der Waals surface area (Å²) < 4.78 is 5.98. The number of carboxylic acid groups (broad SMARTS) is 2. The van der Waals surface area contributed by atoms with Crippen LogP contribution in [0.5, 0.6) is 0 Å². The van der Waals surface area contributed by atoms with Gasteiger partial charge in [-0.2, -0.15) is 0 Å². The van der Waals surface area contributed by atoms with Crippen LogP contribution < -0.4 is 5.32 Å². The molecular formula is C25H27ClN2O5. The molecule has 1 aliphatic rings. The van der Waals surface area contributed by atoms with E-state index < -0.39 is 11.9 Å². The van der Waals surface area contributed by atoms with Crippen LogP contribution in [0.15, 0.2) is 71.1 Å². The third-order valence-corrected chi connectivity index (χ3v) is 5.72. The van der Waals surface area contributed by atoms with Gasteiger partial charge < -0.3 is 19.9 Å². The molecule has 0 unspecified atom stereocenters. The summed E-state index contributed by atoms with van der Waals surface area (Å²) in [5.74, 6) is -1.86. The van der Waals surface area contributed by atoms with Gasteiger partial charge in [-0.05, 0) is 55.8 Å². The number of halogens is 1. The van der Waals surface area contributed by atoms with Crippen LogP contribution in [0.1, 0.15) is 24.2 Å². The minimum Gasteiger partial charge on any atom is -0.473 e. The second-order valence-corrected chi connectivity index (χ2v) is 8.18. The molecule has 0 radical (unpaired) electrons. The van der Waals surface area contributed by atoms with Gasteiger partial charge in [0.05, 0.1) is 11.6 Å². The van der Waals surface area contributed by atoms with E-state index in [0.29, 0.717) is 6.04 Å². The summed E-state index contributed by atoms with van der Waals surface area (Å²) >= 11 is 6.26. The molecule has 0 aliphatic carbocycles. The number of furan rings is 1. The zero-order chi connectivity index (χ0) is 23.6. The van der Waals surface area contributed by atoms with E-state index in [-0.39, 0.29) is 0 Å². The lowest BCUT2D eigenvalue weighted by Gasteiger charge is -2.32. The van der Waals surface area contributed by atoms with Crippen LogP contribution in [0.25, 0.3) is 11.3 Å². The second-order valence-electron chi connectivity index (χ2n) is 7.77. The van der Waals surface area contributed by atoms with Crippen LogP contribution in [-0.2, 0) is 22.7 Å². The minimum atomic E-state index is -1.82. The fourth-order valence-corrected chi connectivity index (χ4v) is 3.89. The van der Waals surface area contributed by atoms with Crippen molar-refractivity contribution in [1.29, 1.82) is 0 Å². The molecule has 174 valence electrons. The lowest BCUT2D eigenvalue weighted by Crippen LogP contribution is -2.41. The SMILES string of the molecule is Clc1ccccc1-c1ccc(CNC2CCN(Cc3ccccc3)CC2)o1.O=C(O)C(=O)O. The van der Waals surface area contributed by atoms with Crippen molar-refractivity contribution in [2.45, 2.75) is 32.0 Å². The summed E-state index contributed by atoms with van der Waals surface area (Å²) in [5, 5.41) is 19.2. The second kappa shape index (κ2) is 12.2. The van der Waals surface area contributed by atoms with Gasteiger partial charge in [-0.1, -0.05) is 54.1 Å². The molecule has 1 fully saturated rings. The van der Waals surface area contributed by atoms with E-state index in [4.69, 9.17) is 35.8 Å². The summed E-state index contributed by atoms with van der Waals surface area (Å²) in [6.07, 6.45) is 2.34. The Morgan fingerprint density at radius 3 is 2.21 bits per heavy atom. The molecule has 0 amide bonds. The van der Waals surface area contributed by atoms with Gasteiger partial charge in [0.2, 0.25) is 0 Å². The van der Waals surface area contributed by atoms with Gasteiger partial charge in [0.25, 0.3) is 0 Å². The zero-order valence-electron chi connectivity index (χ0n) is 18.1. The van der Waals surface area contributed by atoms with E-state index in [9.17, 15) is 0 Å². The molecule has 2 aromatic carbocycles. The number of nitrogens with zero attached hydrogens (tertiary/aromatic N) is 1. The standard InChI is InChI=1S/C23H25ClN2O.C2H2O4/c24-22-9-5-4-8-21(22)23-11-10-20(27-23)16-25-19-12-14-26(15-13-19)17-18-6-2-1-3-7-18;3-1(4)2(5)6/h1-11,19,25H,12-17H2;(H,3,4)(H,5,6). The topological polar surface area (TPSA) is 103 Å². The van der Waals surface area contributed by atoms with Gasteiger partial charge in [0, 0.05) is 18.2 Å². The van der Waals surface area contributed by atoms with Gasteiger partial charge in [-0.25, -0.2) is 9.59 Å². The van der Waals surface area contributed by atoms with Crippen LogP contribution in [0, 0.1) is 0 Å². The Bertz CT molecular complexity index is 1030. The van der Waals surface area contributed by atoms with E-state index in [0.717, 1.165) is 48.3 Å². The molecule has 7 nitrogen and oxygen atoms in total. The molecule has 0 bridgehead atoms. The lowest BCUT2D eigenvalue weighted by atomic mass is 10.0. The number of aliphatic carboxylic acids is 2. The maximum absolute atomic E-state index is 9.10. The largest absolute Gasteiger partial charge is 0.473 e. The summed E-state index contributed by atoms with van der Waals surface area (Å²) in [7, 11) is 0. The number of likely N-dealkylation sites (tertiary alicyclic amines) is 1. The molecule has 8 heteroatoms. The zero-order valence-corrected chi connectivity index (χ0v) is 18.9. The van der Waals surface area contributed by atoms with Crippen molar-refractivity contribution in [3.8, 4) is 11.3 Å². The lowest BCUT2D eigenvalue weighted by molar-refractivity contribution is -0.159. The highest BCUT2D eigenvalue weighted by atomic mass is 35.5. The van der Waals surface area contributed by atoms with Crippen molar-refractivity contribution in [3.05, 3.63) is 83.1 Å². The summed E-state index contributed by atoms with van der Waals surface area (Å²) in [4.78, 5) is 20.7. The predicted octanol–water partition coefficient (Wildman–Crippen LogP) is 4.51. The number of hydrogen-bond acceptors (Lipinski definition) is 5. The Morgan fingerprint density at radius 2 is 1.58 bits per heavy atom. The van der Waals surface area contributed by atoms with Crippen molar-refractivity contribution >= 4 is 23.5 Å². The van der Waals surface area contributed by atoms with Crippen molar-refractivity contribution in [1.82, 2.24) is 10.2 Å². The number of nitrogens with one attached hydrogen (secondary N) is 1. The number of carboxylic acids is 2. The van der Waals surface area contributed by atoms with E-state index in [2.05, 4.69) is 40.5 Å². The first kappa shape index (κ1) is 24.5. The van der Waals surface area contributed by atoms with Crippen LogP contribution >= 0.6 is 11.6 Å². The molecule has 0 saturated carbocycles. The average Bonchev–Trinajstić information content (AvgIpc) is 3.29. The van der Waals surface area contributed by atoms with Crippen molar-refractivity contribution in [2.75, 3.05) is 13.1 Å². The van der Waals surface area contributed by atoms with Crippen LogP contribution in [-0.4, -0.2) is 46.2 Å².